The smallest absolute Gasteiger partial charge is 0.270 e. The molecule has 4 aromatic rings. The van der Waals surface area contributed by atoms with Gasteiger partial charge in [-0.25, -0.2) is 18.7 Å². The highest BCUT2D eigenvalue weighted by Gasteiger charge is 2.40. The number of rotatable bonds is 19. The monoisotopic (exact) mass is 788 g/mol. The molecule has 0 N–H and O–H groups in total. The maximum atomic E-state index is 14.1. The number of carbonyl (C=O) groups is 1. The predicted molar refractivity (Wildman–Crippen MR) is 235 cm³/mol. The van der Waals surface area contributed by atoms with Crippen molar-refractivity contribution in [1.82, 2.24) is 14.9 Å². The molecule has 0 spiro atoms. The molecule has 8 heteroatoms. The first-order chi connectivity index (χ1) is 27.3. The topological polar surface area (TPSA) is 49.3 Å². The first kappa shape index (κ1) is 43.3. The van der Waals surface area contributed by atoms with Crippen molar-refractivity contribution in [2.24, 2.45) is 5.92 Å². The van der Waals surface area contributed by atoms with Gasteiger partial charge in [0.2, 0.25) is 11.9 Å². The largest absolute Gasteiger partial charge is 0.341 e. The van der Waals surface area contributed by atoms with Crippen LogP contribution in [-0.2, 0) is 35.9 Å². The van der Waals surface area contributed by atoms with Crippen molar-refractivity contribution in [2.45, 2.75) is 95.6 Å². The number of carbonyl (C=O) groups excluding carboxylic acids is 1. The molecule has 1 aliphatic carbocycles. The lowest BCUT2D eigenvalue weighted by molar-refractivity contribution is -0.131. The number of hydrogen-bond acceptors (Lipinski definition) is 5. The fourth-order valence-electron chi connectivity index (χ4n) is 7.34. The Morgan fingerprint density at radius 2 is 1.54 bits per heavy atom. The van der Waals surface area contributed by atoms with E-state index < -0.39 is 5.92 Å². The summed E-state index contributed by atoms with van der Waals surface area (Å²) in [6.07, 6.45) is 13.9. The van der Waals surface area contributed by atoms with Crippen molar-refractivity contribution < 1.29 is 13.6 Å². The van der Waals surface area contributed by atoms with Crippen molar-refractivity contribution in [3.05, 3.63) is 155 Å². The van der Waals surface area contributed by atoms with Crippen molar-refractivity contribution >= 4 is 23.6 Å². The number of nitrogens with zero attached hydrogens (tertiary/aromatic N) is 4. The number of anilines is 1. The Bertz CT molecular complexity index is 2010. The van der Waals surface area contributed by atoms with Crippen LogP contribution in [0.1, 0.15) is 87.6 Å². The van der Waals surface area contributed by atoms with Crippen LogP contribution in [0.15, 0.2) is 127 Å². The Morgan fingerprint density at radius 1 is 0.930 bits per heavy atom. The number of allylic oxidation sites excluding steroid dienone is 3. The molecular formula is C49H58F2N4OS. The van der Waals surface area contributed by atoms with Crippen LogP contribution in [0.4, 0.5) is 14.7 Å². The minimum Gasteiger partial charge on any atom is -0.341 e. The van der Waals surface area contributed by atoms with E-state index in [2.05, 4.69) is 74.9 Å². The molecule has 0 saturated carbocycles. The molecule has 0 aliphatic heterocycles. The Hall–Kier alpha value is -4.78. The summed E-state index contributed by atoms with van der Waals surface area (Å²) in [4.78, 5) is 27.6. The molecule has 0 fully saturated rings. The third-order valence-electron chi connectivity index (χ3n) is 10.8. The first-order valence-electron chi connectivity index (χ1n) is 20.2. The summed E-state index contributed by atoms with van der Waals surface area (Å²) in [5.74, 6) is -1.28. The van der Waals surface area contributed by atoms with Crippen LogP contribution in [0.25, 0.3) is 11.1 Å². The molecule has 1 aromatic heterocycles. The van der Waals surface area contributed by atoms with E-state index in [1.807, 2.05) is 61.5 Å². The molecule has 0 radical (unpaired) electrons. The minimum absolute atomic E-state index is 0.00715. The highest BCUT2D eigenvalue weighted by molar-refractivity contribution is 7.99. The molecule has 3 aromatic carbocycles. The normalized spacial score (nSPS) is 16.8. The Labute approximate surface area is 343 Å². The third-order valence-corrected chi connectivity index (χ3v) is 12.4. The summed E-state index contributed by atoms with van der Waals surface area (Å²) >= 11 is 1.90. The summed E-state index contributed by atoms with van der Waals surface area (Å²) in [6.45, 7) is 17.7. The highest BCUT2D eigenvalue weighted by atomic mass is 32.2. The van der Waals surface area contributed by atoms with Crippen LogP contribution in [-0.4, -0.2) is 45.7 Å². The van der Waals surface area contributed by atoms with E-state index in [-0.39, 0.29) is 22.1 Å². The lowest BCUT2D eigenvalue weighted by atomic mass is 9.75. The maximum absolute atomic E-state index is 14.1. The summed E-state index contributed by atoms with van der Waals surface area (Å²) in [5.41, 5.74) is 11.9. The van der Waals surface area contributed by atoms with Crippen molar-refractivity contribution in [1.29, 1.82) is 0 Å². The van der Waals surface area contributed by atoms with E-state index in [0.717, 1.165) is 97.2 Å². The number of hydrogen-bond donors (Lipinski definition) is 0. The van der Waals surface area contributed by atoms with Gasteiger partial charge in [-0.3, -0.25) is 4.79 Å². The zero-order valence-electron chi connectivity index (χ0n) is 34.4. The molecule has 0 saturated heterocycles. The van der Waals surface area contributed by atoms with E-state index in [4.69, 9.17) is 9.97 Å². The van der Waals surface area contributed by atoms with E-state index in [0.29, 0.717) is 19.4 Å². The second-order valence-corrected chi connectivity index (χ2v) is 17.1. The molecule has 0 bridgehead atoms. The molecular weight excluding hydrogens is 731 g/mol. The SMILES string of the molecule is C=C=C1CC(C)(SCc2ccc(CCC)cc2)C(CC(=O)N(C)Cc2ccc(-c3ccc(C(C)(F)F)cc3)cc2)C=C1Cc1cnc(N(CCC)CCC=C)nc1. The van der Waals surface area contributed by atoms with Gasteiger partial charge in [-0.1, -0.05) is 112 Å². The summed E-state index contributed by atoms with van der Waals surface area (Å²) < 4.78 is 27.2. The number of benzene rings is 3. The second kappa shape index (κ2) is 20.1. The van der Waals surface area contributed by atoms with Gasteiger partial charge in [-0.15, -0.1) is 24.1 Å². The Kier molecular flexibility index (Phi) is 15.3. The van der Waals surface area contributed by atoms with E-state index in [1.54, 1.807) is 17.0 Å². The van der Waals surface area contributed by atoms with Crippen LogP contribution in [0.3, 0.4) is 0 Å². The molecule has 1 aliphatic rings. The van der Waals surface area contributed by atoms with Crippen LogP contribution in [0, 0.1) is 5.92 Å². The van der Waals surface area contributed by atoms with E-state index in [1.165, 1.54) is 23.3 Å². The molecule has 5 nitrogen and oxygen atoms in total. The molecule has 1 heterocycles. The highest BCUT2D eigenvalue weighted by Crippen LogP contribution is 2.48. The lowest BCUT2D eigenvalue weighted by Crippen LogP contribution is -2.38. The number of amides is 1. The van der Waals surface area contributed by atoms with Gasteiger partial charge < -0.3 is 9.80 Å². The summed E-state index contributed by atoms with van der Waals surface area (Å²) in [5, 5.41) is 0. The van der Waals surface area contributed by atoms with Gasteiger partial charge in [0, 0.05) is 80.8 Å². The fourth-order valence-corrected chi connectivity index (χ4v) is 8.64. The van der Waals surface area contributed by atoms with Gasteiger partial charge in [0.15, 0.2) is 0 Å². The third kappa shape index (κ3) is 11.9. The summed E-state index contributed by atoms with van der Waals surface area (Å²) in [7, 11) is 1.86. The molecule has 57 heavy (non-hydrogen) atoms. The average molecular weight is 789 g/mol. The van der Waals surface area contributed by atoms with Crippen molar-refractivity contribution in [3.8, 4) is 11.1 Å². The van der Waals surface area contributed by atoms with Gasteiger partial charge in [0.1, 0.15) is 0 Å². The number of halogens is 2. The number of thioether (sulfide) groups is 1. The second-order valence-electron chi connectivity index (χ2n) is 15.5. The first-order valence-corrected chi connectivity index (χ1v) is 21.1. The standard InChI is InChI=1S/C49H58F2N4OS/c1-8-12-27-55(26-10-3)47-52-32-39(33-53-47)28-43-29-45(48(5,31-40(43)11-4)57-35-38-16-14-36(13-9-2)15-17-38)30-46(56)54(7)34-37-18-20-41(21-19-37)42-22-24-44(25-23-42)49(6,50)51/h8,14-25,29,32-33,45H,1,4,9-10,12-13,26-28,30-31,34-35H2,2-3,5-7H3. The molecule has 2 atom stereocenters. The van der Waals surface area contributed by atoms with Gasteiger partial charge >= 0.3 is 0 Å². The predicted octanol–water partition coefficient (Wildman–Crippen LogP) is 11.9. The Morgan fingerprint density at radius 3 is 2.12 bits per heavy atom. The van der Waals surface area contributed by atoms with Crippen molar-refractivity contribution in [2.75, 3.05) is 25.0 Å². The number of alkyl halides is 2. The zero-order chi connectivity index (χ0) is 41.0. The fraction of sp³-hybridized carbons (Fsp3) is 0.388. The quantitative estimate of drug-likeness (QED) is 0.0700. The van der Waals surface area contributed by atoms with Gasteiger partial charge in [0.05, 0.1) is 0 Å². The summed E-state index contributed by atoms with van der Waals surface area (Å²) in [6, 6.07) is 23.3. The Balaban J connectivity index is 1.34. The van der Waals surface area contributed by atoms with Gasteiger partial charge in [-0.05, 0) is 77.1 Å². The number of aromatic nitrogens is 2. The lowest BCUT2D eigenvalue weighted by Gasteiger charge is -2.41. The van der Waals surface area contributed by atoms with Crippen LogP contribution >= 0.6 is 11.8 Å². The van der Waals surface area contributed by atoms with Gasteiger partial charge in [0.25, 0.3) is 5.92 Å². The number of aryl methyl sites for hydroxylation is 1. The van der Waals surface area contributed by atoms with Crippen LogP contribution in [0.5, 0.6) is 0 Å². The molecule has 2 unspecified atom stereocenters. The van der Waals surface area contributed by atoms with Crippen LogP contribution in [0.2, 0.25) is 0 Å². The minimum atomic E-state index is -2.88. The molecule has 1 amide bonds. The average Bonchev–Trinajstić information content (AvgIpc) is 3.21. The zero-order valence-corrected chi connectivity index (χ0v) is 35.2. The maximum Gasteiger partial charge on any atom is 0.270 e. The van der Waals surface area contributed by atoms with E-state index >= 15 is 0 Å². The molecule has 300 valence electrons. The van der Waals surface area contributed by atoms with Crippen molar-refractivity contribution in [3.63, 3.8) is 0 Å². The van der Waals surface area contributed by atoms with E-state index in [9.17, 15) is 13.6 Å². The van der Waals surface area contributed by atoms with Crippen LogP contribution < -0.4 is 4.90 Å². The van der Waals surface area contributed by atoms with Gasteiger partial charge in [-0.2, -0.15) is 0 Å². The molecule has 5 rings (SSSR count).